The number of aliphatic hydroxyl groups is 1. The van der Waals surface area contributed by atoms with E-state index in [0.717, 1.165) is 12.8 Å². The van der Waals surface area contributed by atoms with Crippen molar-refractivity contribution in [3.8, 4) is 0 Å². The molecule has 1 nitrogen and oxygen atoms in total. The molecule has 0 bridgehead atoms. The van der Waals surface area contributed by atoms with Crippen molar-refractivity contribution < 1.29 is 5.11 Å². The summed E-state index contributed by atoms with van der Waals surface area (Å²) in [6.07, 6.45) is 1.64. The number of hydrogen-bond donors (Lipinski definition) is 1. The molecule has 0 atom stereocenters. The van der Waals surface area contributed by atoms with Gasteiger partial charge >= 0.3 is 0 Å². The summed E-state index contributed by atoms with van der Waals surface area (Å²) in [6, 6.07) is 23.3. The molecular formula is C19H18O. The average molecular weight is 262 g/mol. The first-order valence-electron chi connectivity index (χ1n) is 7.03. The van der Waals surface area contributed by atoms with Gasteiger partial charge in [-0.25, -0.2) is 0 Å². The number of hydrogen-bond acceptors (Lipinski definition) is 1. The van der Waals surface area contributed by atoms with Crippen molar-refractivity contribution in [2.75, 3.05) is 6.61 Å². The second-order valence-electron chi connectivity index (χ2n) is 5.06. The predicted molar refractivity (Wildman–Crippen MR) is 84.0 cm³/mol. The summed E-state index contributed by atoms with van der Waals surface area (Å²) in [7, 11) is 0. The van der Waals surface area contributed by atoms with Gasteiger partial charge < -0.3 is 5.11 Å². The standard InChI is InChI=1S/C19H18O/c20-13-12-15-6-1-2-8-17(15)14-18-10-5-9-16-7-3-4-11-19(16)18/h1-11,20H,12-14H2. The van der Waals surface area contributed by atoms with Crippen LogP contribution in [0, 0.1) is 0 Å². The number of fused-ring (bicyclic) bond motifs is 1. The fraction of sp³-hybridized carbons (Fsp3) is 0.158. The molecule has 0 aromatic heterocycles. The Kier molecular flexibility index (Phi) is 3.80. The maximum absolute atomic E-state index is 9.18. The third-order valence-electron chi connectivity index (χ3n) is 3.76. The molecule has 3 aromatic carbocycles. The highest BCUT2D eigenvalue weighted by molar-refractivity contribution is 5.85. The third kappa shape index (κ3) is 2.59. The van der Waals surface area contributed by atoms with Crippen LogP contribution in [0.5, 0.6) is 0 Å². The largest absolute Gasteiger partial charge is 0.396 e. The summed E-state index contributed by atoms with van der Waals surface area (Å²) >= 11 is 0. The first-order valence-corrected chi connectivity index (χ1v) is 7.03. The monoisotopic (exact) mass is 262 g/mol. The van der Waals surface area contributed by atoms with E-state index in [-0.39, 0.29) is 6.61 Å². The van der Waals surface area contributed by atoms with Gasteiger partial charge in [0.2, 0.25) is 0 Å². The molecule has 100 valence electrons. The van der Waals surface area contributed by atoms with Gasteiger partial charge in [-0.1, -0.05) is 66.7 Å². The molecule has 0 spiro atoms. The second kappa shape index (κ2) is 5.89. The summed E-state index contributed by atoms with van der Waals surface area (Å²) in [5.41, 5.74) is 3.88. The zero-order valence-electron chi connectivity index (χ0n) is 11.4. The summed E-state index contributed by atoms with van der Waals surface area (Å²) < 4.78 is 0. The molecule has 0 unspecified atom stereocenters. The number of rotatable bonds is 4. The lowest BCUT2D eigenvalue weighted by Gasteiger charge is -2.10. The van der Waals surface area contributed by atoms with Crippen LogP contribution in [0.4, 0.5) is 0 Å². The molecule has 0 saturated heterocycles. The lowest BCUT2D eigenvalue weighted by atomic mass is 9.95. The molecule has 0 saturated carbocycles. The SMILES string of the molecule is OCCc1ccccc1Cc1cccc2ccccc12. The third-order valence-corrected chi connectivity index (χ3v) is 3.76. The fourth-order valence-corrected chi connectivity index (χ4v) is 2.75. The Morgan fingerprint density at radius 2 is 1.30 bits per heavy atom. The zero-order valence-corrected chi connectivity index (χ0v) is 11.4. The highest BCUT2D eigenvalue weighted by Gasteiger charge is 2.05. The maximum atomic E-state index is 9.18. The van der Waals surface area contributed by atoms with Crippen LogP contribution in [0.15, 0.2) is 66.7 Å². The molecule has 1 N–H and O–H groups in total. The van der Waals surface area contributed by atoms with Crippen LogP contribution in [0.3, 0.4) is 0 Å². The van der Waals surface area contributed by atoms with Crippen LogP contribution >= 0.6 is 0 Å². The van der Waals surface area contributed by atoms with Gasteiger partial charge in [-0.15, -0.1) is 0 Å². The Morgan fingerprint density at radius 1 is 0.650 bits per heavy atom. The van der Waals surface area contributed by atoms with Crippen LogP contribution in [0.1, 0.15) is 16.7 Å². The first-order chi connectivity index (χ1) is 9.88. The molecule has 0 aliphatic carbocycles. The summed E-state index contributed by atoms with van der Waals surface area (Å²) in [5.74, 6) is 0. The molecule has 20 heavy (non-hydrogen) atoms. The van der Waals surface area contributed by atoms with Crippen LogP contribution < -0.4 is 0 Å². The van der Waals surface area contributed by atoms with E-state index in [1.807, 2.05) is 6.07 Å². The van der Waals surface area contributed by atoms with E-state index < -0.39 is 0 Å². The van der Waals surface area contributed by atoms with Gasteiger partial charge in [0.1, 0.15) is 0 Å². The highest BCUT2D eigenvalue weighted by atomic mass is 16.2. The smallest absolute Gasteiger partial charge is 0.0471 e. The van der Waals surface area contributed by atoms with E-state index in [2.05, 4.69) is 60.7 Å². The van der Waals surface area contributed by atoms with E-state index in [9.17, 15) is 5.11 Å². The van der Waals surface area contributed by atoms with Gasteiger partial charge in [0.25, 0.3) is 0 Å². The minimum absolute atomic E-state index is 0.201. The quantitative estimate of drug-likeness (QED) is 0.754. The minimum Gasteiger partial charge on any atom is -0.396 e. The molecular weight excluding hydrogens is 244 g/mol. The Hall–Kier alpha value is -2.12. The van der Waals surface area contributed by atoms with Gasteiger partial charge in [-0.3, -0.25) is 0 Å². The molecule has 0 heterocycles. The van der Waals surface area contributed by atoms with Crippen LogP contribution in [0.2, 0.25) is 0 Å². The van der Waals surface area contributed by atoms with E-state index >= 15 is 0 Å². The van der Waals surface area contributed by atoms with Crippen molar-refractivity contribution >= 4 is 10.8 Å². The molecule has 1 heteroatoms. The van der Waals surface area contributed by atoms with Crippen molar-refractivity contribution in [3.63, 3.8) is 0 Å². The summed E-state index contributed by atoms with van der Waals surface area (Å²) in [4.78, 5) is 0. The van der Waals surface area contributed by atoms with Crippen molar-refractivity contribution in [2.45, 2.75) is 12.8 Å². The van der Waals surface area contributed by atoms with Crippen molar-refractivity contribution in [1.29, 1.82) is 0 Å². The van der Waals surface area contributed by atoms with Gasteiger partial charge in [0.15, 0.2) is 0 Å². The lowest BCUT2D eigenvalue weighted by Crippen LogP contribution is -1.98. The van der Waals surface area contributed by atoms with Gasteiger partial charge in [-0.05, 0) is 40.3 Å². The van der Waals surface area contributed by atoms with Gasteiger partial charge in [-0.2, -0.15) is 0 Å². The topological polar surface area (TPSA) is 20.2 Å². The average Bonchev–Trinajstić information content (AvgIpc) is 2.50. The Balaban J connectivity index is 2.01. The van der Waals surface area contributed by atoms with Crippen LogP contribution in [-0.4, -0.2) is 11.7 Å². The minimum atomic E-state index is 0.201. The van der Waals surface area contributed by atoms with E-state index in [0.29, 0.717) is 0 Å². The maximum Gasteiger partial charge on any atom is 0.0471 e. The molecule has 0 amide bonds. The van der Waals surface area contributed by atoms with Gasteiger partial charge in [0, 0.05) is 6.61 Å². The normalized spacial score (nSPS) is 10.8. The molecule has 0 radical (unpaired) electrons. The zero-order chi connectivity index (χ0) is 13.8. The van der Waals surface area contributed by atoms with E-state index in [1.54, 1.807) is 0 Å². The lowest BCUT2D eigenvalue weighted by molar-refractivity contribution is 0.299. The second-order valence-corrected chi connectivity index (χ2v) is 5.06. The molecule has 3 rings (SSSR count). The van der Waals surface area contributed by atoms with Crippen molar-refractivity contribution in [1.82, 2.24) is 0 Å². The summed E-state index contributed by atoms with van der Waals surface area (Å²) in [6.45, 7) is 0.201. The fourth-order valence-electron chi connectivity index (χ4n) is 2.75. The number of aliphatic hydroxyl groups excluding tert-OH is 1. The van der Waals surface area contributed by atoms with Crippen LogP contribution in [-0.2, 0) is 12.8 Å². The number of benzene rings is 3. The summed E-state index contributed by atoms with van der Waals surface area (Å²) in [5, 5.41) is 11.8. The first kappa shape index (κ1) is 12.9. The van der Waals surface area contributed by atoms with E-state index in [1.165, 1.54) is 27.5 Å². The van der Waals surface area contributed by atoms with Crippen molar-refractivity contribution in [3.05, 3.63) is 83.4 Å². The van der Waals surface area contributed by atoms with Crippen LogP contribution in [0.25, 0.3) is 10.8 Å². The van der Waals surface area contributed by atoms with Crippen molar-refractivity contribution in [2.24, 2.45) is 0 Å². The van der Waals surface area contributed by atoms with E-state index in [4.69, 9.17) is 0 Å². The molecule has 3 aromatic rings. The highest BCUT2D eigenvalue weighted by Crippen LogP contribution is 2.22. The molecule has 0 aliphatic heterocycles. The Morgan fingerprint density at radius 3 is 2.15 bits per heavy atom. The Bertz CT molecular complexity index is 710. The predicted octanol–water partition coefficient (Wildman–Crippen LogP) is 3.97. The van der Waals surface area contributed by atoms with Gasteiger partial charge in [0.05, 0.1) is 0 Å². The molecule has 0 fully saturated rings. The Labute approximate surface area is 119 Å². The molecule has 0 aliphatic rings.